The molecule has 106 valence electrons. The summed E-state index contributed by atoms with van der Waals surface area (Å²) in [5, 5.41) is 12.4. The monoisotopic (exact) mass is 289 g/mol. The first-order valence-corrected chi connectivity index (χ1v) is 7.47. The molecule has 0 aliphatic rings. The van der Waals surface area contributed by atoms with Crippen LogP contribution in [-0.4, -0.2) is 31.2 Å². The molecule has 0 saturated carbocycles. The van der Waals surface area contributed by atoms with Crippen LogP contribution in [0.25, 0.3) is 0 Å². The normalized spacial score (nSPS) is 11.4. The van der Waals surface area contributed by atoms with Gasteiger partial charge in [-0.1, -0.05) is 45.0 Å². The van der Waals surface area contributed by atoms with Crippen LogP contribution in [-0.2, 0) is 6.54 Å². The minimum Gasteiger partial charge on any atom is -0.504 e. The van der Waals surface area contributed by atoms with Crippen LogP contribution in [0.1, 0.15) is 5.56 Å². The fourth-order valence-electron chi connectivity index (χ4n) is 2.05. The Morgan fingerprint density at radius 2 is 1.75 bits per heavy atom. The number of para-hydroxylation sites is 1. The zero-order valence-corrected chi connectivity index (χ0v) is 13.1. The van der Waals surface area contributed by atoms with Gasteiger partial charge in [-0.3, -0.25) is 0 Å². The molecule has 0 fully saturated rings. The smallest absolute Gasteiger partial charge is 0.165 e. The second-order valence-electron chi connectivity index (χ2n) is 4.88. The number of ether oxygens (including phenoxy) is 1. The first kappa shape index (κ1) is 14.8. The molecule has 0 aliphatic carbocycles. The summed E-state index contributed by atoms with van der Waals surface area (Å²) in [5.74, 6) is 0.771. The van der Waals surface area contributed by atoms with E-state index in [2.05, 4.69) is 37.2 Å². The number of benzene rings is 2. The second kappa shape index (κ2) is 6.74. The molecular weight excluding hydrogens is 269 g/mol. The second-order valence-corrected chi connectivity index (χ2v) is 6.20. The third-order valence-corrected chi connectivity index (χ3v) is 4.42. The first-order chi connectivity index (χ1) is 9.61. The van der Waals surface area contributed by atoms with Gasteiger partial charge in [0.25, 0.3) is 0 Å². The zero-order chi connectivity index (χ0) is 14.5. The lowest BCUT2D eigenvalue weighted by atomic mass is 10.2. The molecular formula is C16H20NO2P. The Labute approximate surface area is 122 Å². The van der Waals surface area contributed by atoms with Crippen LogP contribution in [0.15, 0.2) is 42.5 Å². The molecule has 2 aromatic carbocycles. The summed E-state index contributed by atoms with van der Waals surface area (Å²) >= 11 is 0. The van der Waals surface area contributed by atoms with Crippen molar-refractivity contribution in [1.29, 1.82) is 0 Å². The van der Waals surface area contributed by atoms with E-state index >= 15 is 0 Å². The molecule has 1 N–H and O–H groups in total. The van der Waals surface area contributed by atoms with Crippen LogP contribution in [0, 0.1) is 0 Å². The third-order valence-electron chi connectivity index (χ3n) is 2.99. The van der Waals surface area contributed by atoms with Crippen molar-refractivity contribution in [2.24, 2.45) is 0 Å². The van der Waals surface area contributed by atoms with Gasteiger partial charge in [-0.2, -0.15) is 0 Å². The topological polar surface area (TPSA) is 32.7 Å². The number of hydrogen-bond donors (Lipinski definition) is 1. The quantitative estimate of drug-likeness (QED) is 0.856. The highest BCUT2D eigenvalue weighted by Gasteiger charge is 2.10. The van der Waals surface area contributed by atoms with E-state index in [1.807, 2.05) is 18.2 Å². The molecule has 1 atom stereocenters. The molecule has 2 rings (SSSR count). The van der Waals surface area contributed by atoms with Crippen LogP contribution in [0.5, 0.6) is 11.5 Å². The Kier molecular flexibility index (Phi) is 4.99. The Morgan fingerprint density at radius 1 is 1.05 bits per heavy atom. The third kappa shape index (κ3) is 3.50. The van der Waals surface area contributed by atoms with Crippen molar-refractivity contribution in [2.45, 2.75) is 6.54 Å². The fourth-order valence-corrected chi connectivity index (χ4v) is 3.27. The van der Waals surface area contributed by atoms with Gasteiger partial charge in [0, 0.05) is 11.8 Å². The van der Waals surface area contributed by atoms with Crippen molar-refractivity contribution >= 4 is 19.2 Å². The summed E-state index contributed by atoms with van der Waals surface area (Å²) in [6, 6.07) is 14.0. The molecule has 4 heteroatoms. The first-order valence-electron chi connectivity index (χ1n) is 6.47. The van der Waals surface area contributed by atoms with Crippen molar-refractivity contribution in [3.8, 4) is 11.5 Å². The summed E-state index contributed by atoms with van der Waals surface area (Å²) in [4.78, 5) is 2.15. The average molecular weight is 289 g/mol. The Hall–Kier alpha value is -1.57. The molecule has 1 unspecified atom stereocenters. The van der Waals surface area contributed by atoms with Crippen LogP contribution in [0.3, 0.4) is 0 Å². The van der Waals surface area contributed by atoms with Crippen LogP contribution in [0.2, 0.25) is 0 Å². The van der Waals surface area contributed by atoms with Crippen molar-refractivity contribution in [3.63, 3.8) is 0 Å². The van der Waals surface area contributed by atoms with Gasteiger partial charge in [0.2, 0.25) is 0 Å². The van der Waals surface area contributed by atoms with Gasteiger partial charge in [-0.25, -0.2) is 0 Å². The van der Waals surface area contributed by atoms with E-state index in [4.69, 9.17) is 4.74 Å². The van der Waals surface area contributed by atoms with Crippen LogP contribution in [0.4, 0.5) is 0 Å². The van der Waals surface area contributed by atoms with Gasteiger partial charge in [-0.05, 0) is 31.0 Å². The van der Waals surface area contributed by atoms with Gasteiger partial charge in [-0.15, -0.1) is 0 Å². The van der Waals surface area contributed by atoms with Gasteiger partial charge < -0.3 is 14.7 Å². The molecule has 0 aliphatic heterocycles. The molecule has 3 nitrogen and oxygen atoms in total. The summed E-state index contributed by atoms with van der Waals surface area (Å²) in [7, 11) is 6.10. The SMILES string of the molecule is COc1cccc(Pc2ccccc2CN(C)C)c1O. The molecule has 0 radical (unpaired) electrons. The number of rotatable bonds is 5. The lowest BCUT2D eigenvalue weighted by molar-refractivity contribution is 0.375. The van der Waals surface area contributed by atoms with E-state index in [1.165, 1.54) is 10.9 Å². The van der Waals surface area contributed by atoms with Crippen molar-refractivity contribution in [2.75, 3.05) is 21.2 Å². The minimum atomic E-state index is 0.244. The van der Waals surface area contributed by atoms with Gasteiger partial charge in [0.15, 0.2) is 11.5 Å². The maximum atomic E-state index is 10.2. The highest BCUT2D eigenvalue weighted by Crippen LogP contribution is 2.28. The molecule has 0 bridgehead atoms. The molecule has 2 aromatic rings. The number of hydrogen-bond acceptors (Lipinski definition) is 3. The van der Waals surface area contributed by atoms with E-state index < -0.39 is 0 Å². The molecule has 20 heavy (non-hydrogen) atoms. The summed E-state index contributed by atoms with van der Waals surface area (Å²) in [6.45, 7) is 0.897. The average Bonchev–Trinajstić information content (AvgIpc) is 2.42. The van der Waals surface area contributed by atoms with Gasteiger partial charge in [0.1, 0.15) is 0 Å². The lowest BCUT2D eigenvalue weighted by Gasteiger charge is -2.15. The molecule has 0 heterocycles. The molecule has 0 aromatic heterocycles. The zero-order valence-electron chi connectivity index (χ0n) is 12.1. The lowest BCUT2D eigenvalue weighted by Crippen LogP contribution is -2.17. The number of nitrogens with zero attached hydrogens (tertiary/aromatic N) is 1. The standard InChI is InChI=1S/C16H20NO2P/c1-17(2)11-12-7-4-5-9-14(12)20-15-10-6-8-13(19-3)16(15)18/h4-10,18,20H,11H2,1-3H3. The molecule has 0 saturated heterocycles. The van der Waals surface area contributed by atoms with Crippen LogP contribution < -0.4 is 15.3 Å². The summed E-state index contributed by atoms with van der Waals surface area (Å²) in [6.07, 6.45) is 0. The van der Waals surface area contributed by atoms with Crippen molar-refractivity contribution < 1.29 is 9.84 Å². The summed E-state index contributed by atoms with van der Waals surface area (Å²) < 4.78 is 5.16. The predicted octanol–water partition coefficient (Wildman–Crippen LogP) is 2.09. The maximum absolute atomic E-state index is 10.2. The fraction of sp³-hybridized carbons (Fsp3) is 0.250. The van der Waals surface area contributed by atoms with E-state index in [-0.39, 0.29) is 5.75 Å². The highest BCUT2D eigenvalue weighted by molar-refractivity contribution is 7.55. The largest absolute Gasteiger partial charge is 0.504 e. The number of aromatic hydroxyl groups is 1. The Balaban J connectivity index is 2.30. The minimum absolute atomic E-state index is 0.244. The van der Waals surface area contributed by atoms with Gasteiger partial charge in [0.05, 0.1) is 7.11 Å². The van der Waals surface area contributed by atoms with E-state index in [0.29, 0.717) is 14.3 Å². The maximum Gasteiger partial charge on any atom is 0.165 e. The predicted molar refractivity (Wildman–Crippen MR) is 86.1 cm³/mol. The molecule has 0 amide bonds. The van der Waals surface area contributed by atoms with Crippen LogP contribution >= 0.6 is 8.58 Å². The van der Waals surface area contributed by atoms with Crippen molar-refractivity contribution in [1.82, 2.24) is 4.90 Å². The Morgan fingerprint density at radius 3 is 2.45 bits per heavy atom. The van der Waals surface area contributed by atoms with Gasteiger partial charge >= 0.3 is 0 Å². The number of phenols is 1. The Bertz CT molecular complexity index is 584. The van der Waals surface area contributed by atoms with E-state index in [1.54, 1.807) is 13.2 Å². The molecule has 0 spiro atoms. The van der Waals surface area contributed by atoms with E-state index in [9.17, 15) is 5.11 Å². The summed E-state index contributed by atoms with van der Waals surface area (Å²) in [5.41, 5.74) is 1.29. The number of methoxy groups -OCH3 is 1. The van der Waals surface area contributed by atoms with E-state index in [0.717, 1.165) is 11.8 Å². The van der Waals surface area contributed by atoms with Crippen molar-refractivity contribution in [3.05, 3.63) is 48.0 Å². The highest BCUT2D eigenvalue weighted by atomic mass is 31.1. The number of phenolic OH excluding ortho intramolecular Hbond substituents is 1.